The van der Waals surface area contributed by atoms with Crippen molar-refractivity contribution in [2.45, 2.75) is 45.6 Å². The molecule has 1 aliphatic rings. The van der Waals surface area contributed by atoms with Crippen molar-refractivity contribution >= 4 is 11.7 Å². The average molecular weight is 262 g/mol. The van der Waals surface area contributed by atoms with E-state index in [1.807, 2.05) is 0 Å². The fourth-order valence-corrected chi connectivity index (χ4v) is 2.89. The van der Waals surface area contributed by atoms with Gasteiger partial charge in [0.25, 0.3) is 0 Å². The Morgan fingerprint density at radius 2 is 2.00 bits per heavy atom. The predicted octanol–water partition coefficient (Wildman–Crippen LogP) is 2.57. The van der Waals surface area contributed by atoms with E-state index in [0.717, 1.165) is 12.8 Å². The maximum atomic E-state index is 11.9. The summed E-state index contributed by atoms with van der Waals surface area (Å²) in [5.74, 6) is 1.08. The summed E-state index contributed by atoms with van der Waals surface area (Å²) in [7, 11) is 0. The van der Waals surface area contributed by atoms with Gasteiger partial charge in [0.05, 0.1) is 24.0 Å². The average Bonchev–Trinajstić information content (AvgIpc) is 2.30. The summed E-state index contributed by atoms with van der Waals surface area (Å²) in [6.07, 6.45) is 5.04. The van der Waals surface area contributed by atoms with Crippen LogP contribution in [0.3, 0.4) is 0 Å². The minimum Gasteiger partial charge on any atom is -0.462 e. The molecule has 0 bridgehead atoms. The Morgan fingerprint density at radius 3 is 2.58 bits per heavy atom. The molecule has 0 spiro atoms. The standard InChI is InChI=1S/C15H22N2O2/c1-10-5-11(2)7-14(6-10)19-15(18)8-13-4-3-12(16)9-17-13/h3-4,9-11,14H,5-8,16H2,1-2H3. The van der Waals surface area contributed by atoms with Crippen molar-refractivity contribution in [2.75, 3.05) is 5.73 Å². The summed E-state index contributed by atoms with van der Waals surface area (Å²) < 4.78 is 5.56. The van der Waals surface area contributed by atoms with Crippen LogP contribution in [0.2, 0.25) is 0 Å². The van der Waals surface area contributed by atoms with Crippen LogP contribution in [0.1, 0.15) is 38.8 Å². The maximum absolute atomic E-state index is 11.9. The van der Waals surface area contributed by atoms with Crippen molar-refractivity contribution < 1.29 is 9.53 Å². The van der Waals surface area contributed by atoms with E-state index >= 15 is 0 Å². The molecule has 2 N–H and O–H groups in total. The Morgan fingerprint density at radius 1 is 1.32 bits per heavy atom. The van der Waals surface area contributed by atoms with Crippen molar-refractivity contribution in [1.29, 1.82) is 0 Å². The van der Waals surface area contributed by atoms with Gasteiger partial charge in [-0.25, -0.2) is 0 Å². The predicted molar refractivity (Wildman–Crippen MR) is 74.4 cm³/mol. The zero-order valence-corrected chi connectivity index (χ0v) is 11.6. The van der Waals surface area contributed by atoms with Crippen LogP contribution in [0.15, 0.2) is 18.3 Å². The van der Waals surface area contributed by atoms with Crippen molar-refractivity contribution in [1.82, 2.24) is 4.98 Å². The zero-order chi connectivity index (χ0) is 13.8. The fraction of sp³-hybridized carbons (Fsp3) is 0.600. The summed E-state index contributed by atoms with van der Waals surface area (Å²) in [6.45, 7) is 4.44. The number of anilines is 1. The Hall–Kier alpha value is -1.58. The number of nitrogen functional groups attached to an aromatic ring is 1. The van der Waals surface area contributed by atoms with E-state index in [9.17, 15) is 4.79 Å². The van der Waals surface area contributed by atoms with Gasteiger partial charge in [-0.2, -0.15) is 0 Å². The third kappa shape index (κ3) is 4.23. The Labute approximate surface area is 114 Å². The molecule has 0 aliphatic heterocycles. The molecule has 1 saturated carbocycles. The molecule has 4 heteroatoms. The summed E-state index contributed by atoms with van der Waals surface area (Å²) >= 11 is 0. The molecule has 19 heavy (non-hydrogen) atoms. The van der Waals surface area contributed by atoms with Crippen LogP contribution < -0.4 is 5.73 Å². The summed E-state index contributed by atoms with van der Waals surface area (Å²) in [5, 5.41) is 0. The second-order valence-electron chi connectivity index (χ2n) is 5.79. The van der Waals surface area contributed by atoms with Crippen LogP contribution >= 0.6 is 0 Å². The number of nitrogens with zero attached hydrogens (tertiary/aromatic N) is 1. The molecule has 2 atom stereocenters. The molecule has 4 nitrogen and oxygen atoms in total. The van der Waals surface area contributed by atoms with Gasteiger partial charge in [0.15, 0.2) is 0 Å². The minimum atomic E-state index is -0.191. The molecule has 1 aliphatic carbocycles. The van der Waals surface area contributed by atoms with E-state index in [1.165, 1.54) is 6.42 Å². The van der Waals surface area contributed by atoms with Crippen LogP contribution in [0.25, 0.3) is 0 Å². The number of carbonyl (C=O) groups excluding carboxylic acids is 1. The van der Waals surface area contributed by atoms with Gasteiger partial charge in [-0.05, 0) is 43.2 Å². The molecule has 1 aromatic rings. The minimum absolute atomic E-state index is 0.0695. The Bertz CT molecular complexity index is 420. The molecule has 0 aromatic carbocycles. The van der Waals surface area contributed by atoms with Crippen LogP contribution in [0.5, 0.6) is 0 Å². The number of aromatic nitrogens is 1. The van der Waals surface area contributed by atoms with Gasteiger partial charge in [-0.3, -0.25) is 9.78 Å². The molecule has 0 saturated heterocycles. The highest BCUT2D eigenvalue weighted by Crippen LogP contribution is 2.30. The zero-order valence-electron chi connectivity index (χ0n) is 11.6. The monoisotopic (exact) mass is 262 g/mol. The van der Waals surface area contributed by atoms with E-state index in [-0.39, 0.29) is 18.5 Å². The highest BCUT2D eigenvalue weighted by Gasteiger charge is 2.26. The molecule has 2 rings (SSSR count). The fourth-order valence-electron chi connectivity index (χ4n) is 2.89. The first-order chi connectivity index (χ1) is 9.02. The molecule has 0 radical (unpaired) electrons. The highest BCUT2D eigenvalue weighted by atomic mass is 16.5. The van der Waals surface area contributed by atoms with Crippen molar-refractivity contribution in [3.63, 3.8) is 0 Å². The van der Waals surface area contributed by atoms with Gasteiger partial charge in [0, 0.05) is 0 Å². The van der Waals surface area contributed by atoms with Crippen LogP contribution in [0, 0.1) is 11.8 Å². The summed E-state index contributed by atoms with van der Waals surface area (Å²) in [4.78, 5) is 16.0. The second kappa shape index (κ2) is 6.04. The lowest BCUT2D eigenvalue weighted by Gasteiger charge is -2.30. The number of pyridine rings is 1. The number of hydrogen-bond donors (Lipinski definition) is 1. The number of esters is 1. The topological polar surface area (TPSA) is 65.2 Å². The van der Waals surface area contributed by atoms with Crippen LogP contribution in [-0.4, -0.2) is 17.1 Å². The van der Waals surface area contributed by atoms with Crippen LogP contribution in [-0.2, 0) is 16.0 Å². The van der Waals surface area contributed by atoms with Gasteiger partial charge in [0.2, 0.25) is 0 Å². The smallest absolute Gasteiger partial charge is 0.312 e. The normalized spacial score (nSPS) is 26.9. The third-order valence-electron chi connectivity index (χ3n) is 3.61. The van der Waals surface area contributed by atoms with Gasteiger partial charge >= 0.3 is 5.97 Å². The molecule has 1 heterocycles. The number of ether oxygens (including phenoxy) is 1. The molecule has 2 unspecified atom stereocenters. The Kier molecular flexibility index (Phi) is 4.40. The SMILES string of the molecule is CC1CC(C)CC(OC(=O)Cc2ccc(N)cn2)C1. The lowest BCUT2D eigenvalue weighted by molar-refractivity contribution is -0.151. The Balaban J connectivity index is 1.85. The number of hydrogen-bond acceptors (Lipinski definition) is 4. The quantitative estimate of drug-likeness (QED) is 0.850. The van der Waals surface area contributed by atoms with E-state index in [1.54, 1.807) is 18.3 Å². The number of rotatable bonds is 3. The van der Waals surface area contributed by atoms with E-state index < -0.39 is 0 Å². The molecular weight excluding hydrogens is 240 g/mol. The lowest BCUT2D eigenvalue weighted by atomic mass is 9.82. The molecular formula is C15H22N2O2. The lowest BCUT2D eigenvalue weighted by Crippen LogP contribution is -2.29. The van der Waals surface area contributed by atoms with Gasteiger partial charge < -0.3 is 10.5 Å². The van der Waals surface area contributed by atoms with Gasteiger partial charge in [-0.15, -0.1) is 0 Å². The van der Waals surface area contributed by atoms with Gasteiger partial charge in [-0.1, -0.05) is 13.8 Å². The first-order valence-corrected chi connectivity index (χ1v) is 6.93. The molecule has 104 valence electrons. The van der Waals surface area contributed by atoms with Crippen LogP contribution in [0.4, 0.5) is 5.69 Å². The molecule has 1 fully saturated rings. The number of nitrogens with two attached hydrogens (primary N) is 1. The molecule has 1 aromatic heterocycles. The van der Waals surface area contributed by atoms with Gasteiger partial charge in [0.1, 0.15) is 6.10 Å². The van der Waals surface area contributed by atoms with Crippen molar-refractivity contribution in [3.8, 4) is 0 Å². The van der Waals surface area contributed by atoms with E-state index in [4.69, 9.17) is 10.5 Å². The van der Waals surface area contributed by atoms with E-state index in [2.05, 4.69) is 18.8 Å². The summed E-state index contributed by atoms with van der Waals surface area (Å²) in [6, 6.07) is 3.52. The summed E-state index contributed by atoms with van der Waals surface area (Å²) in [5.41, 5.74) is 6.87. The second-order valence-corrected chi connectivity index (χ2v) is 5.79. The number of carbonyl (C=O) groups is 1. The maximum Gasteiger partial charge on any atom is 0.312 e. The first-order valence-electron chi connectivity index (χ1n) is 6.93. The van der Waals surface area contributed by atoms with E-state index in [0.29, 0.717) is 23.2 Å². The van der Waals surface area contributed by atoms with Crippen molar-refractivity contribution in [2.24, 2.45) is 11.8 Å². The largest absolute Gasteiger partial charge is 0.462 e. The highest BCUT2D eigenvalue weighted by molar-refractivity contribution is 5.72. The van der Waals surface area contributed by atoms with Crippen molar-refractivity contribution in [3.05, 3.63) is 24.0 Å². The first kappa shape index (κ1) is 13.8. The third-order valence-corrected chi connectivity index (χ3v) is 3.61. The molecule has 0 amide bonds.